The Morgan fingerprint density at radius 2 is 1.96 bits per heavy atom. The predicted octanol–water partition coefficient (Wildman–Crippen LogP) is 3.65. The summed E-state index contributed by atoms with van der Waals surface area (Å²) in [5.74, 6) is 1.17. The lowest BCUT2D eigenvalue weighted by Gasteiger charge is -2.08. The van der Waals surface area contributed by atoms with Crippen molar-refractivity contribution >= 4 is 23.9 Å². The molecule has 2 aromatic heterocycles. The maximum absolute atomic E-state index is 12.2. The third-order valence-electron chi connectivity index (χ3n) is 3.81. The van der Waals surface area contributed by atoms with E-state index in [0.717, 1.165) is 17.0 Å². The van der Waals surface area contributed by atoms with Crippen LogP contribution in [0.15, 0.2) is 42.6 Å². The topological polar surface area (TPSA) is 75.6 Å². The van der Waals surface area contributed by atoms with Gasteiger partial charge in [-0.15, -0.1) is 0 Å². The molecule has 0 atom stereocenters. The number of aryl methyl sites for hydroxylation is 2. The molecular formula is C18H19N5OS. The summed E-state index contributed by atoms with van der Waals surface area (Å²) in [5, 5.41) is 9.90. The van der Waals surface area contributed by atoms with Crippen molar-refractivity contribution in [1.82, 2.24) is 19.7 Å². The number of carbonyl (C=O) groups is 1. The number of benzene rings is 1. The van der Waals surface area contributed by atoms with Gasteiger partial charge in [0.15, 0.2) is 10.6 Å². The van der Waals surface area contributed by atoms with Gasteiger partial charge in [-0.05, 0) is 43.8 Å². The lowest BCUT2D eigenvalue weighted by Crippen LogP contribution is -2.15. The molecule has 25 heavy (non-hydrogen) atoms. The van der Waals surface area contributed by atoms with Gasteiger partial charge in [-0.2, -0.15) is 5.10 Å². The largest absolute Gasteiger partial charge is 0.311 e. The maximum atomic E-state index is 12.2. The average Bonchev–Trinajstić information content (AvgIpc) is 2.94. The fourth-order valence-corrected chi connectivity index (χ4v) is 2.69. The second kappa shape index (κ2) is 7.40. The van der Waals surface area contributed by atoms with E-state index in [-0.39, 0.29) is 12.3 Å². The Morgan fingerprint density at radius 3 is 2.68 bits per heavy atom. The highest BCUT2D eigenvalue weighted by molar-refractivity contribution is 7.71. The van der Waals surface area contributed by atoms with Crippen molar-refractivity contribution in [3.63, 3.8) is 0 Å². The first kappa shape index (κ1) is 17.0. The summed E-state index contributed by atoms with van der Waals surface area (Å²) in [5.41, 5.74) is 3.18. The van der Waals surface area contributed by atoms with Crippen molar-refractivity contribution in [3.05, 3.63) is 58.5 Å². The minimum Gasteiger partial charge on any atom is -0.311 e. The van der Waals surface area contributed by atoms with Crippen molar-refractivity contribution < 1.29 is 4.79 Å². The van der Waals surface area contributed by atoms with E-state index in [2.05, 4.69) is 20.5 Å². The van der Waals surface area contributed by atoms with E-state index < -0.39 is 0 Å². The molecule has 0 aliphatic carbocycles. The highest BCUT2D eigenvalue weighted by atomic mass is 32.1. The van der Waals surface area contributed by atoms with Crippen LogP contribution in [0.3, 0.4) is 0 Å². The first-order valence-corrected chi connectivity index (χ1v) is 8.38. The van der Waals surface area contributed by atoms with Gasteiger partial charge in [0, 0.05) is 24.7 Å². The summed E-state index contributed by atoms with van der Waals surface area (Å²) in [6, 6.07) is 11.7. The molecule has 3 rings (SSSR count). The van der Waals surface area contributed by atoms with Gasteiger partial charge in [0.2, 0.25) is 5.91 Å². The highest BCUT2D eigenvalue weighted by Gasteiger charge is 2.11. The van der Waals surface area contributed by atoms with Crippen molar-refractivity contribution in [2.75, 3.05) is 5.32 Å². The van der Waals surface area contributed by atoms with Crippen LogP contribution in [0.1, 0.15) is 17.5 Å². The van der Waals surface area contributed by atoms with Crippen LogP contribution < -0.4 is 5.32 Å². The van der Waals surface area contributed by atoms with E-state index in [4.69, 9.17) is 12.2 Å². The molecule has 0 unspecified atom stereocenters. The second-order valence-electron chi connectivity index (χ2n) is 5.89. The Kier molecular flexibility index (Phi) is 5.04. The molecule has 0 radical (unpaired) electrons. The predicted molar refractivity (Wildman–Crippen MR) is 99.8 cm³/mol. The molecule has 7 heteroatoms. The number of nitrogens with one attached hydrogen (secondary N) is 2. The molecule has 0 aliphatic heterocycles. The van der Waals surface area contributed by atoms with E-state index >= 15 is 0 Å². The molecule has 0 saturated heterocycles. The molecule has 2 heterocycles. The number of rotatable bonds is 5. The van der Waals surface area contributed by atoms with E-state index in [1.807, 2.05) is 54.8 Å². The third-order valence-corrected chi connectivity index (χ3v) is 4.13. The molecule has 0 bridgehead atoms. The number of aromatic nitrogens is 4. The molecule has 2 N–H and O–H groups in total. The van der Waals surface area contributed by atoms with Gasteiger partial charge in [-0.1, -0.05) is 29.8 Å². The molecule has 0 saturated carbocycles. The number of anilines is 1. The van der Waals surface area contributed by atoms with Crippen LogP contribution in [-0.2, 0) is 11.3 Å². The van der Waals surface area contributed by atoms with Crippen molar-refractivity contribution in [3.8, 4) is 11.4 Å². The minimum atomic E-state index is -0.115. The summed E-state index contributed by atoms with van der Waals surface area (Å²) in [6.07, 6.45) is 1.95. The monoisotopic (exact) mass is 353 g/mol. The van der Waals surface area contributed by atoms with Gasteiger partial charge in [0.1, 0.15) is 5.82 Å². The summed E-state index contributed by atoms with van der Waals surface area (Å²) >= 11 is 5.30. The van der Waals surface area contributed by atoms with Crippen LogP contribution >= 0.6 is 12.2 Å². The van der Waals surface area contributed by atoms with Crippen LogP contribution in [0.2, 0.25) is 0 Å². The highest BCUT2D eigenvalue weighted by Crippen LogP contribution is 2.18. The zero-order chi connectivity index (χ0) is 17.8. The molecule has 3 aromatic rings. The molecule has 1 amide bonds. The standard InChI is InChI=1S/C18H19N5OS/c1-12-3-5-14(6-4-12)17-21-22-18(25)23(17)10-8-16(24)20-15-11-13(2)7-9-19-15/h3-7,9,11H,8,10H2,1-2H3,(H,22,25)(H,19,20,24). The first-order chi connectivity index (χ1) is 12.0. The van der Waals surface area contributed by atoms with Crippen LogP contribution in [0.25, 0.3) is 11.4 Å². The van der Waals surface area contributed by atoms with Gasteiger partial charge in [-0.25, -0.2) is 4.98 Å². The number of carbonyl (C=O) groups excluding carboxylic acids is 1. The van der Waals surface area contributed by atoms with Crippen LogP contribution in [0.5, 0.6) is 0 Å². The first-order valence-electron chi connectivity index (χ1n) is 7.97. The molecule has 6 nitrogen and oxygen atoms in total. The third kappa shape index (κ3) is 4.19. The molecule has 0 spiro atoms. The van der Waals surface area contributed by atoms with Crippen LogP contribution in [0, 0.1) is 18.6 Å². The summed E-state index contributed by atoms with van der Waals surface area (Å²) < 4.78 is 2.33. The van der Waals surface area contributed by atoms with Crippen LogP contribution in [0.4, 0.5) is 5.82 Å². The lowest BCUT2D eigenvalue weighted by atomic mass is 10.1. The maximum Gasteiger partial charge on any atom is 0.227 e. The Morgan fingerprint density at radius 1 is 1.20 bits per heavy atom. The molecule has 128 valence electrons. The zero-order valence-electron chi connectivity index (χ0n) is 14.1. The Balaban J connectivity index is 1.71. The fourth-order valence-electron chi connectivity index (χ4n) is 2.47. The molecular weight excluding hydrogens is 334 g/mol. The summed E-state index contributed by atoms with van der Waals surface area (Å²) in [6.45, 7) is 4.43. The Hall–Kier alpha value is -2.80. The number of hydrogen-bond acceptors (Lipinski definition) is 4. The molecule has 0 fully saturated rings. The number of hydrogen-bond donors (Lipinski definition) is 2. The summed E-state index contributed by atoms with van der Waals surface area (Å²) in [7, 11) is 0. The van der Waals surface area contributed by atoms with E-state index in [9.17, 15) is 4.79 Å². The van der Waals surface area contributed by atoms with Gasteiger partial charge in [-0.3, -0.25) is 14.5 Å². The van der Waals surface area contributed by atoms with E-state index in [0.29, 0.717) is 17.1 Å². The molecule has 0 aliphatic rings. The molecule has 1 aromatic carbocycles. The van der Waals surface area contributed by atoms with Crippen molar-refractivity contribution in [2.45, 2.75) is 26.8 Å². The van der Waals surface area contributed by atoms with E-state index in [1.54, 1.807) is 6.20 Å². The average molecular weight is 353 g/mol. The van der Waals surface area contributed by atoms with Crippen molar-refractivity contribution in [2.24, 2.45) is 0 Å². The van der Waals surface area contributed by atoms with E-state index in [1.165, 1.54) is 5.56 Å². The van der Waals surface area contributed by atoms with Gasteiger partial charge in [0.05, 0.1) is 0 Å². The number of pyridine rings is 1. The summed E-state index contributed by atoms with van der Waals surface area (Å²) in [4.78, 5) is 16.3. The SMILES string of the molecule is Cc1ccc(-c2n[nH]c(=S)n2CCC(=O)Nc2cc(C)ccn2)cc1. The Labute approximate surface area is 150 Å². The fraction of sp³-hybridized carbons (Fsp3) is 0.222. The Bertz CT molecular complexity index is 943. The quantitative estimate of drug-likeness (QED) is 0.687. The van der Waals surface area contributed by atoms with Crippen LogP contribution in [-0.4, -0.2) is 25.7 Å². The normalized spacial score (nSPS) is 10.6. The lowest BCUT2D eigenvalue weighted by molar-refractivity contribution is -0.116. The number of nitrogens with zero attached hydrogens (tertiary/aromatic N) is 3. The number of H-pyrrole nitrogens is 1. The smallest absolute Gasteiger partial charge is 0.227 e. The van der Waals surface area contributed by atoms with Crippen molar-refractivity contribution in [1.29, 1.82) is 0 Å². The zero-order valence-corrected chi connectivity index (χ0v) is 14.9. The minimum absolute atomic E-state index is 0.115. The van der Waals surface area contributed by atoms with Gasteiger partial charge >= 0.3 is 0 Å². The van der Waals surface area contributed by atoms with Gasteiger partial charge < -0.3 is 5.32 Å². The second-order valence-corrected chi connectivity index (χ2v) is 6.27. The number of amides is 1. The number of aromatic amines is 1. The van der Waals surface area contributed by atoms with Gasteiger partial charge in [0.25, 0.3) is 0 Å².